The van der Waals surface area contributed by atoms with Gasteiger partial charge in [-0.2, -0.15) is 5.10 Å². The minimum Gasteiger partial charge on any atom is -0.299 e. The smallest absolute Gasteiger partial charge is 0.137 e. The third kappa shape index (κ3) is 2.13. The standard InChI is InChI=1S/C17H15N3O/c21-16-3-1-2-12-10-17-14(8-13(12)9-16)11-19-20(17)15-4-6-18-7-5-15/h4-8,10-11H,1-3,9H2. The van der Waals surface area contributed by atoms with Crippen molar-refractivity contribution >= 4 is 16.7 Å². The largest absolute Gasteiger partial charge is 0.299 e. The van der Waals surface area contributed by atoms with E-state index in [1.165, 1.54) is 11.1 Å². The molecule has 0 amide bonds. The predicted molar refractivity (Wildman–Crippen MR) is 80.5 cm³/mol. The molecule has 0 unspecified atom stereocenters. The average Bonchev–Trinajstić information content (AvgIpc) is 2.81. The lowest BCUT2D eigenvalue weighted by Crippen LogP contribution is -2.00. The van der Waals surface area contributed by atoms with Crippen LogP contribution in [0.3, 0.4) is 0 Å². The van der Waals surface area contributed by atoms with Gasteiger partial charge in [-0.05, 0) is 48.2 Å². The number of aromatic nitrogens is 3. The van der Waals surface area contributed by atoms with Gasteiger partial charge in [-0.1, -0.05) is 0 Å². The highest BCUT2D eigenvalue weighted by molar-refractivity contribution is 5.86. The summed E-state index contributed by atoms with van der Waals surface area (Å²) in [4.78, 5) is 15.8. The Labute approximate surface area is 122 Å². The highest BCUT2D eigenvalue weighted by atomic mass is 16.1. The van der Waals surface area contributed by atoms with Crippen molar-refractivity contribution in [2.24, 2.45) is 0 Å². The topological polar surface area (TPSA) is 47.8 Å². The van der Waals surface area contributed by atoms with Gasteiger partial charge >= 0.3 is 0 Å². The van der Waals surface area contributed by atoms with Gasteiger partial charge in [0.2, 0.25) is 0 Å². The van der Waals surface area contributed by atoms with Crippen LogP contribution in [0.25, 0.3) is 16.6 Å². The molecule has 1 aliphatic rings. The first-order chi connectivity index (χ1) is 10.3. The van der Waals surface area contributed by atoms with E-state index < -0.39 is 0 Å². The first kappa shape index (κ1) is 12.3. The summed E-state index contributed by atoms with van der Waals surface area (Å²) < 4.78 is 1.93. The van der Waals surface area contributed by atoms with Crippen molar-refractivity contribution < 1.29 is 4.79 Å². The lowest BCUT2D eigenvalue weighted by Gasteiger charge is -2.07. The van der Waals surface area contributed by atoms with Gasteiger partial charge in [-0.15, -0.1) is 0 Å². The summed E-state index contributed by atoms with van der Waals surface area (Å²) in [7, 11) is 0. The normalized spacial score (nSPS) is 15.0. The molecule has 104 valence electrons. The SMILES string of the molecule is O=C1CCCc2cc3c(cnn3-c3ccncc3)cc2C1. The van der Waals surface area contributed by atoms with Crippen molar-refractivity contribution in [1.29, 1.82) is 0 Å². The van der Waals surface area contributed by atoms with Gasteiger partial charge in [0.25, 0.3) is 0 Å². The van der Waals surface area contributed by atoms with Crippen molar-refractivity contribution in [3.05, 3.63) is 54.0 Å². The summed E-state index contributed by atoms with van der Waals surface area (Å²) in [5.41, 5.74) is 4.54. The number of benzene rings is 1. The molecule has 0 bridgehead atoms. The molecule has 4 heteroatoms. The lowest BCUT2D eigenvalue weighted by atomic mass is 10.0. The summed E-state index contributed by atoms with van der Waals surface area (Å²) in [6.45, 7) is 0. The summed E-state index contributed by atoms with van der Waals surface area (Å²) in [5, 5.41) is 5.57. The number of Topliss-reactive ketones (excluding diaryl/α,β-unsaturated/α-hetero) is 1. The van der Waals surface area contributed by atoms with Crippen LogP contribution in [-0.2, 0) is 17.6 Å². The van der Waals surface area contributed by atoms with Crippen LogP contribution in [0.4, 0.5) is 0 Å². The molecule has 2 heterocycles. The molecule has 3 aromatic rings. The molecule has 4 nitrogen and oxygen atoms in total. The fourth-order valence-corrected chi connectivity index (χ4v) is 3.03. The number of pyridine rings is 1. The molecule has 0 atom stereocenters. The Morgan fingerprint density at radius 3 is 2.76 bits per heavy atom. The molecule has 0 saturated heterocycles. The summed E-state index contributed by atoms with van der Waals surface area (Å²) >= 11 is 0. The quantitative estimate of drug-likeness (QED) is 0.643. The molecule has 0 N–H and O–H groups in total. The Bertz CT molecular complexity index is 821. The second-order valence-corrected chi connectivity index (χ2v) is 5.51. The third-order valence-electron chi connectivity index (χ3n) is 4.09. The molecular formula is C17H15N3O. The number of carbonyl (C=O) groups excluding carboxylic acids is 1. The van der Waals surface area contributed by atoms with Crippen LogP contribution in [0.1, 0.15) is 24.0 Å². The van der Waals surface area contributed by atoms with Crippen LogP contribution < -0.4 is 0 Å². The monoisotopic (exact) mass is 277 g/mol. The molecule has 2 aromatic heterocycles. The fraction of sp³-hybridized carbons (Fsp3) is 0.235. The van der Waals surface area contributed by atoms with Crippen LogP contribution in [0.2, 0.25) is 0 Å². The van der Waals surface area contributed by atoms with Gasteiger partial charge in [0.1, 0.15) is 5.78 Å². The zero-order valence-corrected chi connectivity index (χ0v) is 11.6. The maximum atomic E-state index is 11.8. The number of ketones is 1. The van der Waals surface area contributed by atoms with Crippen molar-refractivity contribution in [2.45, 2.75) is 25.7 Å². The van der Waals surface area contributed by atoms with Gasteiger partial charge in [-0.25, -0.2) is 4.68 Å². The Morgan fingerprint density at radius 2 is 1.90 bits per heavy atom. The molecule has 1 aliphatic carbocycles. The Balaban J connectivity index is 1.90. The zero-order valence-electron chi connectivity index (χ0n) is 11.6. The van der Waals surface area contributed by atoms with E-state index in [2.05, 4.69) is 22.2 Å². The number of hydrogen-bond donors (Lipinski definition) is 0. The van der Waals surface area contributed by atoms with Crippen LogP contribution in [-0.4, -0.2) is 20.5 Å². The van der Waals surface area contributed by atoms with E-state index in [1.54, 1.807) is 12.4 Å². The molecule has 4 rings (SSSR count). The first-order valence-corrected chi connectivity index (χ1v) is 7.23. The number of hydrogen-bond acceptors (Lipinski definition) is 3. The third-order valence-corrected chi connectivity index (χ3v) is 4.09. The van der Waals surface area contributed by atoms with Crippen LogP contribution >= 0.6 is 0 Å². The minimum absolute atomic E-state index is 0.342. The second-order valence-electron chi connectivity index (χ2n) is 5.51. The number of rotatable bonds is 1. The molecule has 21 heavy (non-hydrogen) atoms. The highest BCUT2D eigenvalue weighted by Crippen LogP contribution is 2.26. The molecule has 0 radical (unpaired) electrons. The molecule has 0 aliphatic heterocycles. The van der Waals surface area contributed by atoms with Crippen LogP contribution in [0.5, 0.6) is 0 Å². The van der Waals surface area contributed by atoms with Gasteiger partial charge in [-0.3, -0.25) is 9.78 Å². The molecule has 0 saturated carbocycles. The average molecular weight is 277 g/mol. The van der Waals surface area contributed by atoms with Crippen molar-refractivity contribution in [1.82, 2.24) is 14.8 Å². The Hall–Kier alpha value is -2.49. The van der Waals surface area contributed by atoms with E-state index in [9.17, 15) is 4.79 Å². The van der Waals surface area contributed by atoms with Gasteiger partial charge in [0.05, 0.1) is 17.4 Å². The van der Waals surface area contributed by atoms with E-state index >= 15 is 0 Å². The van der Waals surface area contributed by atoms with Crippen molar-refractivity contribution in [2.75, 3.05) is 0 Å². The van der Waals surface area contributed by atoms with E-state index in [1.807, 2.05) is 23.0 Å². The summed E-state index contributed by atoms with van der Waals surface area (Å²) in [6, 6.07) is 8.21. The molecule has 0 spiro atoms. The number of fused-ring (bicyclic) bond motifs is 2. The van der Waals surface area contributed by atoms with E-state index in [0.29, 0.717) is 18.6 Å². The molecule has 0 fully saturated rings. The Kier molecular flexibility index (Phi) is 2.81. The summed E-state index contributed by atoms with van der Waals surface area (Å²) in [6.07, 6.45) is 8.58. The van der Waals surface area contributed by atoms with E-state index in [-0.39, 0.29) is 0 Å². The number of aryl methyl sites for hydroxylation is 1. The molecular weight excluding hydrogens is 262 g/mol. The Morgan fingerprint density at radius 1 is 1.05 bits per heavy atom. The van der Waals surface area contributed by atoms with E-state index in [0.717, 1.165) is 29.4 Å². The predicted octanol–water partition coefficient (Wildman–Crippen LogP) is 2.87. The van der Waals surface area contributed by atoms with Crippen molar-refractivity contribution in [3.8, 4) is 5.69 Å². The van der Waals surface area contributed by atoms with E-state index in [4.69, 9.17) is 0 Å². The second kappa shape index (κ2) is 4.81. The van der Waals surface area contributed by atoms with Crippen LogP contribution in [0.15, 0.2) is 42.9 Å². The van der Waals surface area contributed by atoms with Gasteiger partial charge in [0.15, 0.2) is 0 Å². The van der Waals surface area contributed by atoms with Crippen LogP contribution in [0, 0.1) is 0 Å². The first-order valence-electron chi connectivity index (χ1n) is 7.23. The molecule has 1 aromatic carbocycles. The summed E-state index contributed by atoms with van der Waals surface area (Å²) in [5.74, 6) is 0.342. The van der Waals surface area contributed by atoms with Gasteiger partial charge < -0.3 is 0 Å². The highest BCUT2D eigenvalue weighted by Gasteiger charge is 2.16. The van der Waals surface area contributed by atoms with Gasteiger partial charge in [0, 0.05) is 30.6 Å². The maximum Gasteiger partial charge on any atom is 0.137 e. The lowest BCUT2D eigenvalue weighted by molar-refractivity contribution is -0.118. The fourth-order valence-electron chi connectivity index (χ4n) is 3.03. The number of carbonyl (C=O) groups is 1. The maximum absolute atomic E-state index is 11.8. The zero-order chi connectivity index (χ0) is 14.2. The van der Waals surface area contributed by atoms with Crippen molar-refractivity contribution in [3.63, 3.8) is 0 Å². The minimum atomic E-state index is 0.342. The number of nitrogens with zero attached hydrogens (tertiary/aromatic N) is 3.